The van der Waals surface area contributed by atoms with E-state index in [-0.39, 0.29) is 18.7 Å². The highest BCUT2D eigenvalue weighted by Gasteiger charge is 2.20. The zero-order chi connectivity index (χ0) is 15.8. The zero-order valence-electron chi connectivity index (χ0n) is 12.6. The van der Waals surface area contributed by atoms with Crippen LogP contribution in [0.15, 0.2) is 54.9 Å². The van der Waals surface area contributed by atoms with E-state index >= 15 is 0 Å². The molecule has 22 heavy (non-hydrogen) atoms. The van der Waals surface area contributed by atoms with E-state index in [1.165, 1.54) is 0 Å². The maximum atomic E-state index is 12.5. The average Bonchev–Trinajstić information content (AvgIpc) is 2.54. The number of hydrogen-bond donors (Lipinski definition) is 2. The van der Waals surface area contributed by atoms with Gasteiger partial charge in [-0.05, 0) is 31.0 Å². The molecule has 0 radical (unpaired) electrons. The lowest BCUT2D eigenvalue weighted by atomic mass is 10.1. The second kappa shape index (κ2) is 8.14. The van der Waals surface area contributed by atoms with Crippen molar-refractivity contribution in [3.8, 4) is 0 Å². The first-order valence-electron chi connectivity index (χ1n) is 7.33. The number of benzene rings is 1. The van der Waals surface area contributed by atoms with Gasteiger partial charge in [-0.25, -0.2) is 4.79 Å². The summed E-state index contributed by atoms with van der Waals surface area (Å²) in [4.78, 5) is 18.2. The minimum absolute atomic E-state index is 0.0506. The van der Waals surface area contributed by atoms with Crippen LogP contribution in [0, 0.1) is 0 Å². The molecule has 1 unspecified atom stereocenters. The van der Waals surface area contributed by atoms with Gasteiger partial charge < -0.3 is 15.3 Å². The van der Waals surface area contributed by atoms with Gasteiger partial charge in [0.25, 0.3) is 0 Å². The van der Waals surface area contributed by atoms with Crippen LogP contribution in [-0.2, 0) is 6.54 Å². The van der Waals surface area contributed by atoms with E-state index in [9.17, 15) is 4.79 Å². The van der Waals surface area contributed by atoms with Gasteiger partial charge in [-0.15, -0.1) is 0 Å². The van der Waals surface area contributed by atoms with Crippen LogP contribution in [0.25, 0.3) is 0 Å². The second-order valence-corrected chi connectivity index (χ2v) is 5.14. The Morgan fingerprint density at radius 3 is 2.55 bits per heavy atom. The fourth-order valence-corrected chi connectivity index (χ4v) is 2.18. The van der Waals surface area contributed by atoms with Crippen molar-refractivity contribution in [3.05, 3.63) is 60.4 Å². The van der Waals surface area contributed by atoms with Gasteiger partial charge in [-0.1, -0.05) is 30.3 Å². The molecule has 2 aromatic rings. The van der Waals surface area contributed by atoms with Crippen molar-refractivity contribution < 1.29 is 9.90 Å². The molecule has 5 heteroatoms. The molecule has 0 bridgehead atoms. The van der Waals surface area contributed by atoms with Gasteiger partial charge >= 0.3 is 6.03 Å². The molecule has 0 fully saturated rings. The second-order valence-electron chi connectivity index (χ2n) is 5.14. The van der Waals surface area contributed by atoms with E-state index in [1.807, 2.05) is 37.3 Å². The Morgan fingerprint density at radius 2 is 1.91 bits per heavy atom. The van der Waals surface area contributed by atoms with Crippen molar-refractivity contribution in [2.75, 3.05) is 11.9 Å². The van der Waals surface area contributed by atoms with Crippen molar-refractivity contribution in [2.45, 2.75) is 25.9 Å². The van der Waals surface area contributed by atoms with Gasteiger partial charge in [0.15, 0.2) is 0 Å². The number of aromatic nitrogens is 1. The lowest BCUT2D eigenvalue weighted by molar-refractivity contribution is 0.169. The normalized spacial score (nSPS) is 11.7. The van der Waals surface area contributed by atoms with Crippen molar-refractivity contribution in [1.29, 1.82) is 0 Å². The highest BCUT2D eigenvalue weighted by molar-refractivity contribution is 5.89. The van der Waals surface area contributed by atoms with Gasteiger partial charge in [-0.2, -0.15) is 0 Å². The Hall–Kier alpha value is -2.40. The molecule has 1 heterocycles. The molecule has 0 spiro atoms. The summed E-state index contributed by atoms with van der Waals surface area (Å²) in [5.41, 5.74) is 1.76. The Bertz CT molecular complexity index is 575. The number of hydrogen-bond acceptors (Lipinski definition) is 3. The third-order valence-electron chi connectivity index (χ3n) is 3.47. The third kappa shape index (κ3) is 4.56. The van der Waals surface area contributed by atoms with Crippen LogP contribution in [0.3, 0.4) is 0 Å². The molecule has 0 saturated heterocycles. The molecule has 2 N–H and O–H groups in total. The summed E-state index contributed by atoms with van der Waals surface area (Å²) in [6.07, 6.45) is 3.80. The fourth-order valence-electron chi connectivity index (χ4n) is 2.18. The minimum Gasteiger partial charge on any atom is -0.396 e. The van der Waals surface area contributed by atoms with E-state index in [0.29, 0.717) is 18.7 Å². The van der Waals surface area contributed by atoms with Crippen molar-refractivity contribution in [3.63, 3.8) is 0 Å². The molecular weight excluding hydrogens is 278 g/mol. The number of aliphatic hydroxyl groups excluding tert-OH is 1. The maximum Gasteiger partial charge on any atom is 0.322 e. The number of nitrogens with zero attached hydrogens (tertiary/aromatic N) is 2. The lowest BCUT2D eigenvalue weighted by Crippen LogP contribution is -2.41. The number of carbonyl (C=O) groups excluding carboxylic acids is 1. The fraction of sp³-hybridized carbons (Fsp3) is 0.294. The number of pyridine rings is 1. The Kier molecular flexibility index (Phi) is 5.91. The number of carbonyl (C=O) groups is 1. The van der Waals surface area contributed by atoms with Crippen molar-refractivity contribution in [1.82, 2.24) is 9.88 Å². The molecule has 0 aliphatic rings. The predicted molar refractivity (Wildman–Crippen MR) is 86.4 cm³/mol. The third-order valence-corrected chi connectivity index (χ3v) is 3.47. The molecule has 116 valence electrons. The first-order chi connectivity index (χ1) is 10.7. The number of urea groups is 1. The summed E-state index contributed by atoms with van der Waals surface area (Å²) in [6, 6.07) is 13.1. The topological polar surface area (TPSA) is 65.5 Å². The van der Waals surface area contributed by atoms with E-state index in [4.69, 9.17) is 5.11 Å². The predicted octanol–water partition coefficient (Wildman–Crippen LogP) is 2.89. The standard InChI is InChI=1S/C17H21N3O2/c1-14(9-12-21)20(13-15-5-3-2-4-6-15)17(22)19-16-7-10-18-11-8-16/h2-8,10-11,14,21H,9,12-13H2,1H3,(H,18,19,22). The van der Waals surface area contributed by atoms with E-state index < -0.39 is 0 Å². The molecule has 2 rings (SSSR count). The SMILES string of the molecule is CC(CCO)N(Cc1ccccc1)C(=O)Nc1ccncc1. The Labute approximate surface area is 130 Å². The summed E-state index contributed by atoms with van der Waals surface area (Å²) in [5.74, 6) is 0. The number of nitrogens with one attached hydrogen (secondary N) is 1. The first kappa shape index (κ1) is 16.0. The maximum absolute atomic E-state index is 12.5. The molecule has 0 aliphatic heterocycles. The summed E-state index contributed by atoms with van der Waals surface area (Å²) >= 11 is 0. The van der Waals surface area contributed by atoms with Gasteiger partial charge in [0.05, 0.1) is 0 Å². The van der Waals surface area contributed by atoms with Gasteiger partial charge in [-0.3, -0.25) is 4.98 Å². The summed E-state index contributed by atoms with van der Waals surface area (Å²) < 4.78 is 0. The van der Waals surface area contributed by atoms with E-state index in [0.717, 1.165) is 5.56 Å². The van der Waals surface area contributed by atoms with Crippen LogP contribution in [0.1, 0.15) is 18.9 Å². The van der Waals surface area contributed by atoms with Gasteiger partial charge in [0.1, 0.15) is 0 Å². The number of aliphatic hydroxyl groups is 1. The number of anilines is 1. The van der Waals surface area contributed by atoms with Gasteiger partial charge in [0.2, 0.25) is 0 Å². The van der Waals surface area contributed by atoms with E-state index in [1.54, 1.807) is 29.4 Å². The molecule has 5 nitrogen and oxygen atoms in total. The number of amides is 2. The summed E-state index contributed by atoms with van der Waals surface area (Å²) in [5, 5.41) is 12.0. The molecule has 0 aliphatic carbocycles. The summed E-state index contributed by atoms with van der Waals surface area (Å²) in [7, 11) is 0. The largest absolute Gasteiger partial charge is 0.396 e. The molecular formula is C17H21N3O2. The van der Waals surface area contributed by atoms with Crippen molar-refractivity contribution >= 4 is 11.7 Å². The smallest absolute Gasteiger partial charge is 0.322 e. The molecule has 1 aromatic heterocycles. The zero-order valence-corrected chi connectivity index (χ0v) is 12.6. The van der Waals surface area contributed by atoms with Crippen LogP contribution in [0.5, 0.6) is 0 Å². The molecule has 2 amide bonds. The minimum atomic E-state index is -0.184. The van der Waals surface area contributed by atoms with Crippen LogP contribution < -0.4 is 5.32 Å². The highest BCUT2D eigenvalue weighted by Crippen LogP contribution is 2.14. The van der Waals surface area contributed by atoms with Gasteiger partial charge in [0, 0.05) is 37.3 Å². The van der Waals surface area contributed by atoms with Crippen molar-refractivity contribution in [2.24, 2.45) is 0 Å². The van der Waals surface area contributed by atoms with Crippen LogP contribution in [-0.4, -0.2) is 33.7 Å². The molecule has 1 atom stereocenters. The van der Waals surface area contributed by atoms with Crippen LogP contribution in [0.2, 0.25) is 0 Å². The lowest BCUT2D eigenvalue weighted by Gasteiger charge is -2.29. The highest BCUT2D eigenvalue weighted by atomic mass is 16.3. The first-order valence-corrected chi connectivity index (χ1v) is 7.33. The van der Waals surface area contributed by atoms with Crippen LogP contribution >= 0.6 is 0 Å². The molecule has 1 aromatic carbocycles. The quantitative estimate of drug-likeness (QED) is 0.862. The molecule has 0 saturated carbocycles. The number of rotatable bonds is 6. The Balaban J connectivity index is 2.11. The average molecular weight is 299 g/mol. The van der Waals surface area contributed by atoms with Crippen LogP contribution in [0.4, 0.5) is 10.5 Å². The van der Waals surface area contributed by atoms with E-state index in [2.05, 4.69) is 10.3 Å². The summed E-state index contributed by atoms with van der Waals surface area (Å²) in [6.45, 7) is 2.49. The monoisotopic (exact) mass is 299 g/mol. The Morgan fingerprint density at radius 1 is 1.23 bits per heavy atom.